The SMILES string of the molecule is C/C=C/C(C)(C)CC(C)(C)C(C)CC.CC. The minimum absolute atomic E-state index is 0.335. The van der Waals surface area contributed by atoms with Crippen LogP contribution in [0, 0.1) is 16.7 Å². The van der Waals surface area contributed by atoms with Gasteiger partial charge in [-0.25, -0.2) is 0 Å². The minimum Gasteiger partial charge on any atom is -0.0911 e. The molecule has 0 amide bonds. The van der Waals surface area contributed by atoms with Crippen molar-refractivity contribution in [1.29, 1.82) is 0 Å². The summed E-state index contributed by atoms with van der Waals surface area (Å²) in [6.07, 6.45) is 7.04. The highest BCUT2D eigenvalue weighted by Gasteiger charge is 2.30. The number of hydrogen-bond acceptors (Lipinski definition) is 0. The standard InChI is InChI=1S/C14H28.C2H6/c1-8-10-13(4,5)11-14(6,7)12(3)9-2;1-2/h8,10,12H,9,11H2,1-7H3;1-2H3/b10-8+;. The fourth-order valence-corrected chi connectivity index (χ4v) is 2.41. The molecule has 1 unspecified atom stereocenters. The Labute approximate surface area is 105 Å². The Hall–Kier alpha value is -0.260. The van der Waals surface area contributed by atoms with Crippen LogP contribution in [0.15, 0.2) is 12.2 Å². The van der Waals surface area contributed by atoms with Crippen LogP contribution in [0.1, 0.15) is 75.2 Å². The molecule has 0 aliphatic rings. The fourth-order valence-electron chi connectivity index (χ4n) is 2.41. The van der Waals surface area contributed by atoms with Crippen molar-refractivity contribution >= 4 is 0 Å². The van der Waals surface area contributed by atoms with Crippen molar-refractivity contribution in [3.63, 3.8) is 0 Å². The number of hydrogen-bond donors (Lipinski definition) is 0. The van der Waals surface area contributed by atoms with Crippen molar-refractivity contribution in [1.82, 2.24) is 0 Å². The van der Waals surface area contributed by atoms with E-state index in [2.05, 4.69) is 60.6 Å². The molecule has 16 heavy (non-hydrogen) atoms. The van der Waals surface area contributed by atoms with Gasteiger partial charge in [0.2, 0.25) is 0 Å². The third kappa shape index (κ3) is 7.09. The Bertz CT molecular complexity index is 184. The molecule has 0 fully saturated rings. The monoisotopic (exact) mass is 226 g/mol. The molecule has 0 radical (unpaired) electrons. The van der Waals surface area contributed by atoms with E-state index in [0.717, 1.165) is 5.92 Å². The third-order valence-corrected chi connectivity index (χ3v) is 3.48. The van der Waals surface area contributed by atoms with E-state index < -0.39 is 0 Å². The highest BCUT2D eigenvalue weighted by molar-refractivity contribution is 4.96. The maximum Gasteiger partial charge on any atom is -0.0170 e. The van der Waals surface area contributed by atoms with Gasteiger partial charge >= 0.3 is 0 Å². The first kappa shape index (κ1) is 18.1. The average molecular weight is 226 g/mol. The van der Waals surface area contributed by atoms with Crippen LogP contribution < -0.4 is 0 Å². The van der Waals surface area contributed by atoms with Crippen molar-refractivity contribution < 1.29 is 0 Å². The van der Waals surface area contributed by atoms with Crippen molar-refractivity contribution in [3.8, 4) is 0 Å². The van der Waals surface area contributed by atoms with Gasteiger partial charge in [0.15, 0.2) is 0 Å². The first-order valence-electron chi connectivity index (χ1n) is 6.89. The molecule has 0 bridgehead atoms. The Morgan fingerprint density at radius 2 is 1.50 bits per heavy atom. The quantitative estimate of drug-likeness (QED) is 0.498. The van der Waals surface area contributed by atoms with E-state index in [0.29, 0.717) is 10.8 Å². The minimum atomic E-state index is 0.335. The van der Waals surface area contributed by atoms with Gasteiger partial charge in [0.25, 0.3) is 0 Å². The summed E-state index contributed by atoms with van der Waals surface area (Å²) in [6, 6.07) is 0. The number of allylic oxidation sites excluding steroid dienone is 2. The van der Waals surface area contributed by atoms with Gasteiger partial charge in [-0.2, -0.15) is 0 Å². The molecule has 0 heterocycles. The molecule has 0 rings (SSSR count). The van der Waals surface area contributed by atoms with Crippen LogP contribution in [0.4, 0.5) is 0 Å². The predicted octanol–water partition coefficient (Wildman–Crippen LogP) is 6.08. The van der Waals surface area contributed by atoms with Crippen LogP contribution in [-0.4, -0.2) is 0 Å². The second-order valence-electron chi connectivity index (χ2n) is 5.96. The van der Waals surface area contributed by atoms with Gasteiger partial charge in [0.05, 0.1) is 0 Å². The van der Waals surface area contributed by atoms with E-state index in [-0.39, 0.29) is 0 Å². The Balaban J connectivity index is 0. The van der Waals surface area contributed by atoms with E-state index >= 15 is 0 Å². The van der Waals surface area contributed by atoms with Crippen molar-refractivity contribution in [2.45, 2.75) is 75.2 Å². The summed E-state index contributed by atoms with van der Waals surface area (Å²) in [5, 5.41) is 0. The molecule has 0 aromatic rings. The maximum atomic E-state index is 2.40. The third-order valence-electron chi connectivity index (χ3n) is 3.48. The molecule has 0 saturated carbocycles. The zero-order valence-corrected chi connectivity index (χ0v) is 13.1. The second kappa shape index (κ2) is 7.92. The molecule has 0 heteroatoms. The van der Waals surface area contributed by atoms with Crippen molar-refractivity contribution in [2.24, 2.45) is 16.7 Å². The lowest BCUT2D eigenvalue weighted by molar-refractivity contribution is 0.152. The molecular weight excluding hydrogens is 192 g/mol. The molecule has 0 aromatic heterocycles. The van der Waals surface area contributed by atoms with E-state index in [1.165, 1.54) is 12.8 Å². The summed E-state index contributed by atoms with van der Waals surface area (Å²) >= 11 is 0. The average Bonchev–Trinajstić information content (AvgIpc) is 2.17. The molecular formula is C16H34. The van der Waals surface area contributed by atoms with Gasteiger partial charge in [0.1, 0.15) is 0 Å². The molecule has 0 spiro atoms. The zero-order valence-electron chi connectivity index (χ0n) is 13.1. The second-order valence-corrected chi connectivity index (χ2v) is 5.96. The van der Waals surface area contributed by atoms with Gasteiger partial charge in [-0.15, -0.1) is 0 Å². The van der Waals surface area contributed by atoms with Gasteiger partial charge in [-0.05, 0) is 30.1 Å². The fraction of sp³-hybridized carbons (Fsp3) is 0.875. The van der Waals surface area contributed by atoms with E-state index in [1.807, 2.05) is 13.8 Å². The maximum absolute atomic E-state index is 2.40. The molecule has 0 aliphatic heterocycles. The zero-order chi connectivity index (χ0) is 13.4. The van der Waals surface area contributed by atoms with Gasteiger partial charge in [-0.1, -0.05) is 74.0 Å². The summed E-state index contributed by atoms with van der Waals surface area (Å²) in [7, 11) is 0. The Morgan fingerprint density at radius 1 is 1.06 bits per heavy atom. The Morgan fingerprint density at radius 3 is 1.81 bits per heavy atom. The number of rotatable bonds is 5. The molecule has 1 atom stereocenters. The van der Waals surface area contributed by atoms with Gasteiger partial charge in [-0.3, -0.25) is 0 Å². The molecule has 0 N–H and O–H groups in total. The van der Waals surface area contributed by atoms with Crippen LogP contribution in [0.5, 0.6) is 0 Å². The highest BCUT2D eigenvalue weighted by Crippen LogP contribution is 2.41. The molecule has 0 nitrogen and oxygen atoms in total. The molecule has 0 saturated heterocycles. The van der Waals surface area contributed by atoms with Gasteiger partial charge < -0.3 is 0 Å². The lowest BCUT2D eigenvalue weighted by Gasteiger charge is -2.37. The van der Waals surface area contributed by atoms with Crippen molar-refractivity contribution in [2.75, 3.05) is 0 Å². The summed E-state index contributed by atoms with van der Waals surface area (Å²) in [5.41, 5.74) is 0.777. The lowest BCUT2D eigenvalue weighted by atomic mass is 9.68. The van der Waals surface area contributed by atoms with Crippen LogP contribution in [0.25, 0.3) is 0 Å². The first-order chi connectivity index (χ1) is 7.25. The molecule has 98 valence electrons. The topological polar surface area (TPSA) is 0 Å². The molecule has 0 aromatic carbocycles. The highest BCUT2D eigenvalue weighted by atomic mass is 14.4. The van der Waals surface area contributed by atoms with Crippen LogP contribution in [0.2, 0.25) is 0 Å². The summed E-state index contributed by atoms with van der Waals surface area (Å²) in [5.74, 6) is 0.798. The van der Waals surface area contributed by atoms with Crippen LogP contribution in [0.3, 0.4) is 0 Å². The van der Waals surface area contributed by atoms with E-state index in [9.17, 15) is 0 Å². The van der Waals surface area contributed by atoms with E-state index in [4.69, 9.17) is 0 Å². The lowest BCUT2D eigenvalue weighted by Crippen LogP contribution is -2.27. The van der Waals surface area contributed by atoms with Crippen molar-refractivity contribution in [3.05, 3.63) is 12.2 Å². The Kier molecular flexibility index (Phi) is 8.97. The van der Waals surface area contributed by atoms with Crippen LogP contribution >= 0.6 is 0 Å². The normalized spacial score (nSPS) is 14.6. The molecule has 0 aliphatic carbocycles. The predicted molar refractivity (Wildman–Crippen MR) is 77.8 cm³/mol. The first-order valence-corrected chi connectivity index (χ1v) is 6.89. The summed E-state index contributed by atoms with van der Waals surface area (Å²) < 4.78 is 0. The summed E-state index contributed by atoms with van der Waals surface area (Å²) in [4.78, 5) is 0. The largest absolute Gasteiger partial charge is 0.0911 e. The van der Waals surface area contributed by atoms with Gasteiger partial charge in [0, 0.05) is 0 Å². The smallest absolute Gasteiger partial charge is 0.0170 e. The van der Waals surface area contributed by atoms with E-state index in [1.54, 1.807) is 0 Å². The van der Waals surface area contributed by atoms with Crippen LogP contribution in [-0.2, 0) is 0 Å². The summed E-state index contributed by atoms with van der Waals surface area (Å²) in [6.45, 7) is 20.2.